The molecule has 178 valence electrons. The molecule has 0 spiro atoms. The molecule has 7 N–H and O–H groups in total. The third kappa shape index (κ3) is 6.50. The van der Waals surface area contributed by atoms with Gasteiger partial charge in [-0.15, -0.1) is 0 Å². The minimum absolute atomic E-state index is 0.0779. The summed E-state index contributed by atoms with van der Waals surface area (Å²) in [6.07, 6.45) is -5.33. The van der Waals surface area contributed by atoms with Gasteiger partial charge in [-0.05, 0) is 43.2 Å². The second-order valence-corrected chi connectivity index (χ2v) is 7.97. The maximum Gasteiger partial charge on any atom is 0.292 e. The predicted molar refractivity (Wildman–Crippen MR) is 113 cm³/mol. The highest BCUT2D eigenvalue weighted by Crippen LogP contribution is 2.34. The summed E-state index contributed by atoms with van der Waals surface area (Å²) in [4.78, 5) is 13.2. The molecule has 0 aliphatic heterocycles. The number of nitrogens with one attached hydrogen (secondary N) is 1. The first-order chi connectivity index (χ1) is 15.2. The molecule has 1 saturated carbocycles. The summed E-state index contributed by atoms with van der Waals surface area (Å²) < 4.78 is 0. The smallest absolute Gasteiger partial charge is 0.292 e. The molecule has 0 saturated heterocycles. The van der Waals surface area contributed by atoms with Crippen LogP contribution in [-0.2, 0) is 0 Å². The van der Waals surface area contributed by atoms with Gasteiger partial charge in [0.05, 0.1) is 29.3 Å². The number of rotatable bonds is 11. The lowest BCUT2D eigenvalue weighted by molar-refractivity contribution is -0.383. The molecule has 32 heavy (non-hydrogen) atoms. The van der Waals surface area contributed by atoms with Crippen LogP contribution in [0.25, 0.3) is 10.4 Å². The van der Waals surface area contributed by atoms with Crippen molar-refractivity contribution in [3.05, 3.63) is 38.8 Å². The van der Waals surface area contributed by atoms with Crippen molar-refractivity contribution >= 4 is 17.1 Å². The summed E-state index contributed by atoms with van der Waals surface area (Å²) in [5.74, 6) is -0.987. The Bertz CT molecular complexity index is 821. The van der Waals surface area contributed by atoms with Crippen molar-refractivity contribution in [2.24, 2.45) is 17.0 Å². The van der Waals surface area contributed by atoms with Gasteiger partial charge in [0.2, 0.25) is 0 Å². The maximum atomic E-state index is 11.2. The average Bonchev–Trinajstić information content (AvgIpc) is 2.76. The van der Waals surface area contributed by atoms with Crippen LogP contribution < -0.4 is 5.32 Å². The van der Waals surface area contributed by atoms with Crippen LogP contribution in [0.1, 0.15) is 25.7 Å². The number of aliphatic hydroxyl groups excluding tert-OH is 6. The molecule has 0 radical (unpaired) electrons. The lowest BCUT2D eigenvalue weighted by atomic mass is 9.72. The van der Waals surface area contributed by atoms with Crippen LogP contribution in [0.15, 0.2) is 23.3 Å². The molecule has 3 unspecified atom stereocenters. The summed E-state index contributed by atoms with van der Waals surface area (Å²) >= 11 is 0. The Balaban J connectivity index is 1.86. The Morgan fingerprint density at radius 2 is 1.91 bits per heavy atom. The fourth-order valence-electron chi connectivity index (χ4n) is 4.03. The molecular formula is C19H29N5O8. The zero-order chi connectivity index (χ0) is 23.8. The molecule has 7 atom stereocenters. The number of anilines is 1. The van der Waals surface area contributed by atoms with Gasteiger partial charge in [-0.25, -0.2) is 0 Å². The molecule has 13 heteroatoms. The summed E-state index contributed by atoms with van der Waals surface area (Å²) in [5.41, 5.74) is 8.40. The predicted octanol–water partition coefficient (Wildman–Crippen LogP) is 0.552. The first kappa shape index (κ1) is 25.7. The van der Waals surface area contributed by atoms with E-state index in [2.05, 4.69) is 15.3 Å². The van der Waals surface area contributed by atoms with Crippen LogP contribution >= 0.6 is 0 Å². The van der Waals surface area contributed by atoms with Gasteiger partial charge in [0.1, 0.15) is 11.8 Å². The van der Waals surface area contributed by atoms with Gasteiger partial charge >= 0.3 is 0 Å². The Hall–Kier alpha value is -2.51. The Morgan fingerprint density at radius 3 is 2.53 bits per heavy atom. The first-order valence-corrected chi connectivity index (χ1v) is 10.3. The van der Waals surface area contributed by atoms with E-state index in [1.165, 1.54) is 12.1 Å². The second kappa shape index (κ2) is 11.9. The third-order valence-electron chi connectivity index (χ3n) is 5.91. The maximum absolute atomic E-state index is 11.2. The van der Waals surface area contributed by atoms with Gasteiger partial charge in [0, 0.05) is 35.7 Å². The number of nitrogens with zero attached hydrogens (tertiary/aromatic N) is 4. The molecule has 13 nitrogen and oxygen atoms in total. The zero-order valence-corrected chi connectivity index (χ0v) is 17.3. The van der Waals surface area contributed by atoms with Crippen molar-refractivity contribution in [2.75, 3.05) is 18.5 Å². The van der Waals surface area contributed by atoms with Gasteiger partial charge in [-0.1, -0.05) is 11.2 Å². The van der Waals surface area contributed by atoms with E-state index in [-0.39, 0.29) is 55.4 Å². The molecule has 1 fully saturated rings. The van der Waals surface area contributed by atoms with Gasteiger partial charge in [-0.2, -0.15) is 0 Å². The number of benzene rings is 1. The van der Waals surface area contributed by atoms with Crippen molar-refractivity contribution < 1.29 is 35.6 Å². The van der Waals surface area contributed by atoms with E-state index >= 15 is 0 Å². The summed E-state index contributed by atoms with van der Waals surface area (Å²) in [6, 6.07) is 3.91. The van der Waals surface area contributed by atoms with Crippen LogP contribution in [0.5, 0.6) is 0 Å². The molecule has 0 amide bonds. The van der Waals surface area contributed by atoms with Crippen molar-refractivity contribution in [2.45, 2.75) is 56.2 Å². The van der Waals surface area contributed by atoms with Crippen LogP contribution in [0.2, 0.25) is 0 Å². The molecule has 0 aromatic heterocycles. The van der Waals surface area contributed by atoms with Crippen molar-refractivity contribution in [1.82, 2.24) is 0 Å². The van der Waals surface area contributed by atoms with E-state index in [1.54, 1.807) is 0 Å². The highest BCUT2D eigenvalue weighted by Gasteiger charge is 2.42. The van der Waals surface area contributed by atoms with E-state index in [1.807, 2.05) is 0 Å². The third-order valence-corrected chi connectivity index (χ3v) is 5.91. The quantitative estimate of drug-likeness (QED) is 0.0811. The Kier molecular flexibility index (Phi) is 9.60. The van der Waals surface area contributed by atoms with E-state index in [0.717, 1.165) is 6.07 Å². The molecule has 1 aliphatic carbocycles. The Morgan fingerprint density at radius 1 is 1.22 bits per heavy atom. The fourth-order valence-corrected chi connectivity index (χ4v) is 4.03. The van der Waals surface area contributed by atoms with E-state index in [0.29, 0.717) is 6.42 Å². The van der Waals surface area contributed by atoms with Crippen LogP contribution in [0, 0.1) is 22.0 Å². The normalized spacial score (nSPS) is 27.2. The highest BCUT2D eigenvalue weighted by atomic mass is 16.6. The highest BCUT2D eigenvalue weighted by molar-refractivity contribution is 5.66. The first-order valence-electron chi connectivity index (χ1n) is 10.3. The van der Waals surface area contributed by atoms with Crippen LogP contribution in [0.3, 0.4) is 0 Å². The molecule has 0 bridgehead atoms. The standard InChI is InChI=1S/C19H29N5O8/c20-23-22-11-2-3-13(14(8-11)24(31)32)21-6-5-16(27)15(26)4-1-10-7-17(28)19(30)18(29)12(10)9-25/h2-3,8,10,12,15-19,21,25-30H,1,4-7,9H2/t10?,12-,15?,16?,17-,18+,19+/m0/s1. The van der Waals surface area contributed by atoms with Crippen LogP contribution in [-0.4, -0.2) is 79.2 Å². The topological polar surface area (TPSA) is 225 Å². The molecule has 1 aromatic carbocycles. The SMILES string of the molecule is [N-]=[N+]=Nc1ccc(NCCC(O)C(O)CCC2C[C@H](O)[C@@H](O)[C@H](O)[C@H]2CO)c([N+](=O)[O-])c1. The fraction of sp³-hybridized carbons (Fsp3) is 0.684. The number of azide groups is 1. The molecule has 1 aromatic rings. The number of hydrogen-bond acceptors (Lipinski definition) is 10. The molecule has 1 aliphatic rings. The zero-order valence-electron chi connectivity index (χ0n) is 17.3. The van der Waals surface area contributed by atoms with Crippen molar-refractivity contribution in [3.63, 3.8) is 0 Å². The van der Waals surface area contributed by atoms with Crippen molar-refractivity contribution in [1.29, 1.82) is 0 Å². The molecule has 2 rings (SSSR count). The minimum atomic E-state index is -1.34. The summed E-state index contributed by atoms with van der Waals surface area (Å²) in [6.45, 7) is -0.262. The number of hydrogen-bond donors (Lipinski definition) is 7. The van der Waals surface area contributed by atoms with E-state index in [9.17, 15) is 40.8 Å². The summed E-state index contributed by atoms with van der Waals surface area (Å²) in [5, 5.41) is 76.9. The lowest BCUT2D eigenvalue weighted by Crippen LogP contribution is -2.51. The molecular weight excluding hydrogens is 426 g/mol. The number of nitro benzene ring substituents is 1. The van der Waals surface area contributed by atoms with Crippen molar-refractivity contribution in [3.8, 4) is 0 Å². The van der Waals surface area contributed by atoms with Crippen LogP contribution in [0.4, 0.5) is 17.1 Å². The van der Waals surface area contributed by atoms with Gasteiger partial charge in [0.25, 0.3) is 5.69 Å². The monoisotopic (exact) mass is 455 g/mol. The second-order valence-electron chi connectivity index (χ2n) is 7.97. The average molecular weight is 455 g/mol. The number of aliphatic hydroxyl groups is 6. The number of nitro groups is 1. The van der Waals surface area contributed by atoms with Gasteiger partial charge in [0.15, 0.2) is 0 Å². The van der Waals surface area contributed by atoms with E-state index in [4.69, 9.17) is 5.53 Å². The minimum Gasteiger partial charge on any atom is -0.396 e. The Labute approximate surface area is 183 Å². The van der Waals surface area contributed by atoms with E-state index < -0.39 is 41.4 Å². The largest absolute Gasteiger partial charge is 0.396 e. The lowest BCUT2D eigenvalue weighted by Gasteiger charge is -2.40. The van der Waals surface area contributed by atoms with Gasteiger partial charge < -0.3 is 36.0 Å². The van der Waals surface area contributed by atoms with Gasteiger partial charge in [-0.3, -0.25) is 10.1 Å². The summed E-state index contributed by atoms with van der Waals surface area (Å²) in [7, 11) is 0. The molecule has 0 heterocycles.